The Kier molecular flexibility index (Phi) is 4.48. The minimum absolute atomic E-state index is 0.391. The van der Waals surface area contributed by atoms with Gasteiger partial charge in [-0.1, -0.05) is 36.6 Å². The summed E-state index contributed by atoms with van der Waals surface area (Å²) in [5.74, 6) is 0.159. The molecule has 1 heterocycles. The van der Waals surface area contributed by atoms with Crippen molar-refractivity contribution < 1.29 is 10.0 Å². The summed E-state index contributed by atoms with van der Waals surface area (Å²) >= 11 is 0. The van der Waals surface area contributed by atoms with E-state index in [9.17, 15) is 4.79 Å². The maximum atomic E-state index is 11.5. The quantitative estimate of drug-likeness (QED) is 0.672. The molecule has 0 bridgehead atoms. The lowest BCUT2D eigenvalue weighted by molar-refractivity contribution is 0.0706. The summed E-state index contributed by atoms with van der Waals surface area (Å²) in [4.78, 5) is 11.5. The fourth-order valence-electron chi connectivity index (χ4n) is 3.04. The first-order chi connectivity index (χ1) is 10.8. The monoisotopic (exact) mass is 300 g/mol. The lowest BCUT2D eigenvalue weighted by Gasteiger charge is -2.20. The van der Waals surface area contributed by atoms with Crippen LogP contribution in [0.25, 0.3) is 11.3 Å². The van der Waals surface area contributed by atoms with Crippen molar-refractivity contribution in [3.8, 4) is 11.3 Å². The normalized spacial score (nSPS) is 15.7. The van der Waals surface area contributed by atoms with E-state index in [1.807, 2.05) is 16.9 Å². The molecule has 2 N–H and O–H groups in total. The van der Waals surface area contributed by atoms with Gasteiger partial charge in [0.05, 0.1) is 6.20 Å². The van der Waals surface area contributed by atoms with E-state index in [0.717, 1.165) is 17.8 Å². The second-order valence-corrected chi connectivity index (χ2v) is 5.85. The minimum atomic E-state index is -0.531. The molecule has 1 aliphatic rings. The Morgan fingerprint density at radius 1 is 1.32 bits per heavy atom. The number of nitrogens with zero attached hydrogens (tertiary/aromatic N) is 3. The number of aromatic nitrogens is 3. The third kappa shape index (κ3) is 3.33. The number of hydrogen-bond donors (Lipinski definition) is 2. The average Bonchev–Trinajstić information content (AvgIpc) is 3.04. The predicted octanol–water partition coefficient (Wildman–Crippen LogP) is 2.64. The van der Waals surface area contributed by atoms with E-state index in [1.165, 1.54) is 32.1 Å². The zero-order valence-electron chi connectivity index (χ0n) is 12.4. The van der Waals surface area contributed by atoms with E-state index in [-0.39, 0.29) is 0 Å². The standard InChI is InChI=1S/C16H20N4O2/c21-16(18-22)14-8-4-7-13(9-14)15-11-20(19-17-15)10-12-5-2-1-3-6-12/h4,7-9,11-12,22H,1-3,5-6,10H2,(H,18,21). The SMILES string of the molecule is O=C(NO)c1cccc(-c2cn(CC3CCCCC3)nn2)c1. The summed E-state index contributed by atoms with van der Waals surface area (Å²) in [6.07, 6.45) is 8.42. The molecule has 0 radical (unpaired) electrons. The van der Waals surface area contributed by atoms with Crippen molar-refractivity contribution in [2.24, 2.45) is 5.92 Å². The number of nitrogens with one attached hydrogen (secondary N) is 1. The zero-order valence-corrected chi connectivity index (χ0v) is 12.4. The van der Waals surface area contributed by atoms with E-state index in [4.69, 9.17) is 5.21 Å². The molecule has 0 saturated heterocycles. The first-order valence-corrected chi connectivity index (χ1v) is 7.71. The van der Waals surface area contributed by atoms with Gasteiger partial charge in [-0.25, -0.2) is 5.48 Å². The summed E-state index contributed by atoms with van der Waals surface area (Å²) in [6.45, 7) is 0.907. The molecule has 1 aliphatic carbocycles. The highest BCUT2D eigenvalue weighted by molar-refractivity contribution is 5.94. The number of carbonyl (C=O) groups excluding carboxylic acids is 1. The van der Waals surface area contributed by atoms with Crippen molar-refractivity contribution in [1.82, 2.24) is 20.5 Å². The lowest BCUT2D eigenvalue weighted by atomic mass is 9.89. The largest absolute Gasteiger partial charge is 0.288 e. The van der Waals surface area contributed by atoms with Crippen LogP contribution in [0, 0.1) is 5.92 Å². The van der Waals surface area contributed by atoms with Crippen LogP contribution in [0.2, 0.25) is 0 Å². The van der Waals surface area contributed by atoms with Crippen molar-refractivity contribution in [2.45, 2.75) is 38.6 Å². The van der Waals surface area contributed by atoms with Crippen LogP contribution in [0.5, 0.6) is 0 Å². The van der Waals surface area contributed by atoms with Crippen molar-refractivity contribution in [1.29, 1.82) is 0 Å². The number of benzene rings is 1. The highest BCUT2D eigenvalue weighted by atomic mass is 16.5. The maximum Gasteiger partial charge on any atom is 0.274 e. The molecule has 0 aliphatic heterocycles. The van der Waals surface area contributed by atoms with Crippen molar-refractivity contribution in [3.63, 3.8) is 0 Å². The lowest BCUT2D eigenvalue weighted by Crippen LogP contribution is -2.18. The molecular weight excluding hydrogens is 280 g/mol. The van der Waals surface area contributed by atoms with Crippen LogP contribution in [-0.4, -0.2) is 26.1 Å². The number of rotatable bonds is 4. The van der Waals surface area contributed by atoms with Gasteiger partial charge in [-0.3, -0.25) is 14.7 Å². The fourth-order valence-corrected chi connectivity index (χ4v) is 3.04. The Hall–Kier alpha value is -2.21. The molecule has 3 rings (SSSR count). The van der Waals surface area contributed by atoms with E-state index in [0.29, 0.717) is 11.5 Å². The van der Waals surface area contributed by atoms with Gasteiger partial charge in [0.15, 0.2) is 0 Å². The first kappa shape index (κ1) is 14.7. The maximum absolute atomic E-state index is 11.5. The smallest absolute Gasteiger partial charge is 0.274 e. The van der Waals surface area contributed by atoms with Crippen molar-refractivity contribution in [2.75, 3.05) is 0 Å². The minimum Gasteiger partial charge on any atom is -0.288 e. The first-order valence-electron chi connectivity index (χ1n) is 7.71. The molecule has 1 fully saturated rings. The number of hydroxylamine groups is 1. The van der Waals surface area contributed by atoms with Gasteiger partial charge in [0, 0.05) is 17.7 Å². The van der Waals surface area contributed by atoms with Gasteiger partial charge in [0.2, 0.25) is 0 Å². The molecular formula is C16H20N4O2. The molecule has 1 aromatic heterocycles. The zero-order chi connectivity index (χ0) is 15.4. The number of hydrogen-bond acceptors (Lipinski definition) is 4. The summed E-state index contributed by atoms with van der Waals surface area (Å²) in [5.41, 5.74) is 3.58. The van der Waals surface area contributed by atoms with Crippen LogP contribution in [0.4, 0.5) is 0 Å². The Balaban J connectivity index is 1.74. The van der Waals surface area contributed by atoms with Crippen LogP contribution in [0.15, 0.2) is 30.5 Å². The highest BCUT2D eigenvalue weighted by Gasteiger charge is 2.15. The Morgan fingerprint density at radius 3 is 2.91 bits per heavy atom. The Bertz CT molecular complexity index is 647. The molecule has 2 aromatic rings. The van der Waals surface area contributed by atoms with Crippen LogP contribution >= 0.6 is 0 Å². The summed E-state index contributed by atoms with van der Waals surface area (Å²) in [5, 5.41) is 17.1. The third-order valence-electron chi connectivity index (χ3n) is 4.23. The number of amides is 1. The van der Waals surface area contributed by atoms with Crippen molar-refractivity contribution >= 4 is 5.91 Å². The predicted molar refractivity (Wildman–Crippen MR) is 81.3 cm³/mol. The van der Waals surface area contributed by atoms with E-state index < -0.39 is 5.91 Å². The summed E-state index contributed by atoms with van der Waals surface area (Å²) < 4.78 is 1.89. The highest BCUT2D eigenvalue weighted by Crippen LogP contribution is 2.25. The molecule has 0 spiro atoms. The van der Waals surface area contributed by atoms with Crippen LogP contribution in [0.1, 0.15) is 42.5 Å². The number of carbonyl (C=O) groups is 1. The van der Waals surface area contributed by atoms with Gasteiger partial charge in [-0.05, 0) is 30.9 Å². The van der Waals surface area contributed by atoms with Gasteiger partial charge in [-0.15, -0.1) is 5.10 Å². The van der Waals surface area contributed by atoms with E-state index >= 15 is 0 Å². The topological polar surface area (TPSA) is 80.0 Å². The second kappa shape index (κ2) is 6.70. The Labute approximate surface area is 129 Å². The van der Waals surface area contributed by atoms with Crippen LogP contribution < -0.4 is 5.48 Å². The van der Waals surface area contributed by atoms with E-state index in [1.54, 1.807) is 23.7 Å². The van der Waals surface area contributed by atoms with Gasteiger partial charge >= 0.3 is 0 Å². The van der Waals surface area contributed by atoms with E-state index in [2.05, 4.69) is 10.3 Å². The molecule has 0 unspecified atom stereocenters. The fraction of sp³-hybridized carbons (Fsp3) is 0.438. The summed E-state index contributed by atoms with van der Waals surface area (Å²) in [7, 11) is 0. The molecule has 6 nitrogen and oxygen atoms in total. The molecule has 6 heteroatoms. The summed E-state index contributed by atoms with van der Waals surface area (Å²) in [6, 6.07) is 6.98. The molecule has 22 heavy (non-hydrogen) atoms. The van der Waals surface area contributed by atoms with Crippen LogP contribution in [0.3, 0.4) is 0 Å². The molecule has 0 atom stereocenters. The molecule has 116 valence electrons. The van der Waals surface area contributed by atoms with Gasteiger partial charge in [0.1, 0.15) is 5.69 Å². The van der Waals surface area contributed by atoms with Crippen molar-refractivity contribution in [3.05, 3.63) is 36.0 Å². The second-order valence-electron chi connectivity index (χ2n) is 5.85. The Morgan fingerprint density at radius 2 is 2.14 bits per heavy atom. The van der Waals surface area contributed by atoms with Crippen LogP contribution in [-0.2, 0) is 6.54 Å². The molecule has 1 amide bonds. The van der Waals surface area contributed by atoms with Gasteiger partial charge < -0.3 is 0 Å². The third-order valence-corrected chi connectivity index (χ3v) is 4.23. The van der Waals surface area contributed by atoms with Gasteiger partial charge in [-0.2, -0.15) is 0 Å². The van der Waals surface area contributed by atoms with Gasteiger partial charge in [0.25, 0.3) is 5.91 Å². The average molecular weight is 300 g/mol. The molecule has 1 aromatic carbocycles. The molecule has 1 saturated carbocycles.